The summed E-state index contributed by atoms with van der Waals surface area (Å²) in [6, 6.07) is 1.22. The summed E-state index contributed by atoms with van der Waals surface area (Å²) in [4.78, 5) is 21.7. The molecule has 26 heavy (non-hydrogen) atoms. The van der Waals surface area contributed by atoms with Crippen molar-refractivity contribution >= 4 is 24.1 Å². The SMILES string of the molecule is CCOC(=O)C1=Cc2oc(F)cc2C1.O=C(O)C1=Cc2oc(F)cc2C1. The number of rotatable bonds is 3. The van der Waals surface area contributed by atoms with Crippen molar-refractivity contribution in [2.45, 2.75) is 19.8 Å². The third-order valence-corrected chi connectivity index (χ3v) is 3.81. The summed E-state index contributed by atoms with van der Waals surface area (Å²) in [5.74, 6) is -0.600. The molecule has 2 aliphatic carbocycles. The van der Waals surface area contributed by atoms with Crippen LogP contribution in [0.1, 0.15) is 29.6 Å². The van der Waals surface area contributed by atoms with Crippen LogP contribution in [0.2, 0.25) is 0 Å². The number of ether oxygens (including phenoxy) is 1. The summed E-state index contributed by atoms with van der Waals surface area (Å²) in [6.07, 6.45) is 3.51. The average molecular weight is 364 g/mol. The Bertz CT molecular complexity index is 932. The van der Waals surface area contributed by atoms with Crippen LogP contribution in [0.5, 0.6) is 0 Å². The van der Waals surface area contributed by atoms with Gasteiger partial charge in [0, 0.05) is 47.2 Å². The van der Waals surface area contributed by atoms with Crippen LogP contribution in [-0.4, -0.2) is 23.7 Å². The van der Waals surface area contributed by atoms with Gasteiger partial charge in [-0.05, 0) is 19.1 Å². The maximum Gasteiger partial charge on any atom is 0.334 e. The molecule has 2 aliphatic rings. The van der Waals surface area contributed by atoms with Crippen molar-refractivity contribution < 1.29 is 37.0 Å². The van der Waals surface area contributed by atoms with Gasteiger partial charge < -0.3 is 18.7 Å². The van der Waals surface area contributed by atoms with E-state index in [-0.39, 0.29) is 18.0 Å². The molecule has 2 heterocycles. The lowest BCUT2D eigenvalue weighted by Crippen LogP contribution is -2.07. The second-order valence-electron chi connectivity index (χ2n) is 5.60. The fourth-order valence-corrected chi connectivity index (χ4v) is 2.66. The normalized spacial score (nSPS) is 14.0. The molecule has 0 bridgehead atoms. The minimum atomic E-state index is -0.984. The van der Waals surface area contributed by atoms with Gasteiger partial charge in [-0.25, -0.2) is 9.59 Å². The fraction of sp³-hybridized carbons (Fsp3) is 0.222. The zero-order chi connectivity index (χ0) is 18.8. The number of carboxylic acid groups (broad SMARTS) is 1. The van der Waals surface area contributed by atoms with Crippen molar-refractivity contribution in [3.05, 3.63) is 58.0 Å². The first-order valence-electron chi connectivity index (χ1n) is 7.75. The highest BCUT2D eigenvalue weighted by Crippen LogP contribution is 2.28. The van der Waals surface area contributed by atoms with E-state index in [2.05, 4.69) is 4.42 Å². The number of hydrogen-bond acceptors (Lipinski definition) is 5. The van der Waals surface area contributed by atoms with Crippen LogP contribution in [0, 0.1) is 12.0 Å². The lowest BCUT2D eigenvalue weighted by Gasteiger charge is -2.00. The number of fused-ring (bicyclic) bond motifs is 2. The lowest BCUT2D eigenvalue weighted by molar-refractivity contribution is -0.138. The van der Waals surface area contributed by atoms with Crippen molar-refractivity contribution in [1.82, 2.24) is 0 Å². The summed E-state index contributed by atoms with van der Waals surface area (Å²) in [6.45, 7) is 2.08. The van der Waals surface area contributed by atoms with Crippen LogP contribution >= 0.6 is 0 Å². The fourth-order valence-electron chi connectivity index (χ4n) is 2.66. The van der Waals surface area contributed by atoms with Crippen LogP contribution in [0.15, 0.2) is 32.1 Å². The molecule has 0 unspecified atom stereocenters. The number of halogens is 2. The monoisotopic (exact) mass is 364 g/mol. The average Bonchev–Trinajstić information content (AvgIpc) is 3.26. The summed E-state index contributed by atoms with van der Waals surface area (Å²) >= 11 is 0. The van der Waals surface area contributed by atoms with E-state index in [1.54, 1.807) is 6.92 Å². The zero-order valence-electron chi connectivity index (χ0n) is 13.7. The summed E-state index contributed by atoms with van der Waals surface area (Å²) in [5.41, 5.74) is 2.06. The van der Waals surface area contributed by atoms with Crippen molar-refractivity contribution in [3.63, 3.8) is 0 Å². The maximum atomic E-state index is 12.6. The van der Waals surface area contributed by atoms with Crippen LogP contribution in [0.4, 0.5) is 8.78 Å². The Balaban J connectivity index is 0.000000152. The standard InChI is InChI=1S/C10H9FO3.C8H5FO3/c1-2-13-10(12)7-3-6-5-9(11)14-8(6)4-7;9-7-3-4-1-5(8(10)11)2-6(4)12-7/h4-5H,2-3H2,1H3;2-3H,1H2,(H,10,11). The van der Waals surface area contributed by atoms with Gasteiger partial charge in [-0.1, -0.05) is 0 Å². The smallest absolute Gasteiger partial charge is 0.334 e. The van der Waals surface area contributed by atoms with Gasteiger partial charge in [-0.2, -0.15) is 8.78 Å². The van der Waals surface area contributed by atoms with Crippen molar-refractivity contribution in [3.8, 4) is 0 Å². The molecule has 6 nitrogen and oxygen atoms in total. The molecule has 0 spiro atoms. The highest BCUT2D eigenvalue weighted by atomic mass is 19.1. The van der Waals surface area contributed by atoms with E-state index >= 15 is 0 Å². The van der Waals surface area contributed by atoms with Gasteiger partial charge in [-0.15, -0.1) is 0 Å². The number of furan rings is 2. The van der Waals surface area contributed by atoms with Gasteiger partial charge in [0.05, 0.1) is 6.61 Å². The predicted molar refractivity (Wildman–Crippen MR) is 85.0 cm³/mol. The van der Waals surface area contributed by atoms with E-state index in [1.165, 1.54) is 24.3 Å². The predicted octanol–water partition coefficient (Wildman–Crippen LogP) is 3.36. The molecule has 0 amide bonds. The van der Waals surface area contributed by atoms with E-state index in [4.69, 9.17) is 14.3 Å². The molecule has 1 N–H and O–H groups in total. The Kier molecular flexibility index (Phi) is 4.75. The molecule has 0 aromatic carbocycles. The van der Waals surface area contributed by atoms with Gasteiger partial charge in [0.2, 0.25) is 0 Å². The molecule has 2 aromatic heterocycles. The van der Waals surface area contributed by atoms with Crippen LogP contribution < -0.4 is 0 Å². The van der Waals surface area contributed by atoms with Gasteiger partial charge in [0.25, 0.3) is 12.0 Å². The first-order chi connectivity index (χ1) is 12.4. The maximum absolute atomic E-state index is 12.6. The minimum absolute atomic E-state index is 0.240. The molecule has 2 aromatic rings. The number of hydrogen-bond donors (Lipinski definition) is 1. The Morgan fingerprint density at radius 2 is 1.54 bits per heavy atom. The first-order valence-corrected chi connectivity index (χ1v) is 7.75. The molecular weight excluding hydrogens is 350 g/mol. The van der Waals surface area contributed by atoms with Crippen molar-refractivity contribution in [1.29, 1.82) is 0 Å². The molecular formula is C18H14F2O6. The molecule has 0 atom stereocenters. The van der Waals surface area contributed by atoms with Crippen molar-refractivity contribution in [2.75, 3.05) is 6.61 Å². The Morgan fingerprint density at radius 1 is 1.04 bits per heavy atom. The van der Waals surface area contributed by atoms with Crippen molar-refractivity contribution in [2.24, 2.45) is 0 Å². The van der Waals surface area contributed by atoms with Gasteiger partial charge in [0.15, 0.2) is 0 Å². The number of esters is 1. The molecule has 136 valence electrons. The van der Waals surface area contributed by atoms with Crippen LogP contribution in [0.3, 0.4) is 0 Å². The third kappa shape index (κ3) is 3.58. The molecule has 0 saturated heterocycles. The second-order valence-corrected chi connectivity index (χ2v) is 5.60. The summed E-state index contributed by atoms with van der Waals surface area (Å²) in [7, 11) is 0. The summed E-state index contributed by atoms with van der Waals surface area (Å²) < 4.78 is 39.1. The van der Waals surface area contributed by atoms with E-state index in [9.17, 15) is 18.4 Å². The molecule has 8 heteroatoms. The van der Waals surface area contributed by atoms with E-state index in [1.807, 2.05) is 0 Å². The zero-order valence-corrected chi connectivity index (χ0v) is 13.7. The largest absolute Gasteiger partial charge is 0.478 e. The third-order valence-electron chi connectivity index (χ3n) is 3.81. The van der Waals surface area contributed by atoms with Crippen LogP contribution in [0.25, 0.3) is 12.2 Å². The van der Waals surface area contributed by atoms with E-state index in [0.717, 1.165) is 0 Å². The second kappa shape index (κ2) is 6.99. The quantitative estimate of drug-likeness (QED) is 0.840. The molecule has 0 aliphatic heterocycles. The molecule has 0 fully saturated rings. The van der Waals surface area contributed by atoms with E-state index < -0.39 is 18.0 Å². The highest BCUT2D eigenvalue weighted by molar-refractivity contribution is 5.96. The highest BCUT2D eigenvalue weighted by Gasteiger charge is 2.23. The van der Waals surface area contributed by atoms with Gasteiger partial charge in [0.1, 0.15) is 11.5 Å². The topological polar surface area (TPSA) is 89.9 Å². The molecule has 4 rings (SSSR count). The Labute approximate surface area is 146 Å². The number of carbonyl (C=O) groups is 2. The first kappa shape index (κ1) is 17.7. The van der Waals surface area contributed by atoms with Gasteiger partial charge in [-0.3, -0.25) is 0 Å². The number of carbonyl (C=O) groups excluding carboxylic acids is 1. The van der Waals surface area contributed by atoms with Crippen LogP contribution in [-0.2, 0) is 27.2 Å². The molecule has 0 radical (unpaired) electrons. The Morgan fingerprint density at radius 3 is 2.00 bits per heavy atom. The van der Waals surface area contributed by atoms with E-state index in [0.29, 0.717) is 41.2 Å². The lowest BCUT2D eigenvalue weighted by atomic mass is 10.2. The number of aliphatic carboxylic acids is 1. The minimum Gasteiger partial charge on any atom is -0.478 e. The Hall–Kier alpha value is -3.16. The molecule has 0 saturated carbocycles. The van der Waals surface area contributed by atoms with Gasteiger partial charge >= 0.3 is 11.9 Å². The summed E-state index contributed by atoms with van der Waals surface area (Å²) in [5, 5.41) is 8.57. The number of carboxylic acids is 1.